The summed E-state index contributed by atoms with van der Waals surface area (Å²) in [6.07, 6.45) is 3.60. The monoisotopic (exact) mass is 553 g/mol. The Morgan fingerprint density at radius 3 is 2.51 bits per heavy atom. The largest absolute Gasteiger partial charge is 0.492 e. The van der Waals surface area contributed by atoms with Crippen molar-refractivity contribution in [1.82, 2.24) is 24.8 Å². The zero-order valence-electron chi connectivity index (χ0n) is 23.6. The van der Waals surface area contributed by atoms with E-state index in [4.69, 9.17) is 9.26 Å². The lowest BCUT2D eigenvalue weighted by Gasteiger charge is -2.17. The van der Waals surface area contributed by atoms with E-state index in [1.54, 1.807) is 12.3 Å². The van der Waals surface area contributed by atoms with Crippen LogP contribution in [0.1, 0.15) is 37.7 Å². The standard InChI is InChI=1S/C31H35N7O3/c1-31(2,3)26-15-27(36-41-26)34-30(39)35-28-20-38-11-10-22(14-29(38)33-28)5-4-21-6-8-25(9-7-21)40-13-12-37-18-23-16-32-17-24(23)19-37/h6-11,14-15,20,23-24,32H,12-13,16-19H2,1-3H3,(H2,34,35,36,39). The minimum atomic E-state index is -0.453. The average molecular weight is 554 g/mol. The van der Waals surface area contributed by atoms with Gasteiger partial charge < -0.3 is 19.0 Å². The first-order valence-corrected chi connectivity index (χ1v) is 14.0. The number of fused-ring (bicyclic) bond motifs is 2. The number of carbonyl (C=O) groups excluding carboxylic acids is 1. The molecule has 0 saturated carbocycles. The molecule has 2 atom stereocenters. The number of amides is 2. The Kier molecular flexibility index (Phi) is 7.39. The van der Waals surface area contributed by atoms with Crippen LogP contribution in [0.4, 0.5) is 16.4 Å². The number of benzene rings is 1. The topological polar surface area (TPSA) is 109 Å². The van der Waals surface area contributed by atoms with Crippen LogP contribution in [-0.4, -0.2) is 64.8 Å². The number of nitrogens with one attached hydrogen (secondary N) is 3. The molecule has 0 radical (unpaired) electrons. The third-order valence-electron chi connectivity index (χ3n) is 7.54. The van der Waals surface area contributed by atoms with Crippen molar-refractivity contribution < 1.29 is 14.1 Å². The van der Waals surface area contributed by atoms with Gasteiger partial charge in [0, 0.05) is 48.4 Å². The number of aromatic nitrogens is 3. The number of likely N-dealkylation sites (tertiary alicyclic amines) is 1. The molecule has 41 heavy (non-hydrogen) atoms. The predicted molar refractivity (Wildman–Crippen MR) is 157 cm³/mol. The van der Waals surface area contributed by atoms with E-state index < -0.39 is 6.03 Å². The number of nitrogens with zero attached hydrogens (tertiary/aromatic N) is 4. The molecular weight excluding hydrogens is 518 g/mol. The van der Waals surface area contributed by atoms with E-state index in [1.807, 2.05) is 67.8 Å². The summed E-state index contributed by atoms with van der Waals surface area (Å²) in [6, 6.07) is 12.9. The molecule has 6 rings (SSSR count). The van der Waals surface area contributed by atoms with Crippen molar-refractivity contribution in [2.24, 2.45) is 11.8 Å². The van der Waals surface area contributed by atoms with Crippen molar-refractivity contribution in [3.05, 3.63) is 71.7 Å². The number of hydrogen-bond donors (Lipinski definition) is 3. The number of urea groups is 1. The fourth-order valence-electron chi connectivity index (χ4n) is 5.28. The van der Waals surface area contributed by atoms with Crippen molar-refractivity contribution >= 4 is 23.3 Å². The maximum absolute atomic E-state index is 12.4. The molecule has 2 unspecified atom stereocenters. The fraction of sp³-hybridized carbons (Fsp3) is 0.387. The summed E-state index contributed by atoms with van der Waals surface area (Å²) in [5.74, 6) is 10.3. The molecule has 5 heterocycles. The van der Waals surface area contributed by atoms with Crippen LogP contribution in [0.15, 0.2) is 59.4 Å². The van der Waals surface area contributed by atoms with Gasteiger partial charge in [-0.25, -0.2) is 9.78 Å². The Morgan fingerprint density at radius 1 is 1.05 bits per heavy atom. The van der Waals surface area contributed by atoms with E-state index in [9.17, 15) is 4.79 Å². The summed E-state index contributed by atoms with van der Waals surface area (Å²) in [5, 5.41) is 12.8. The number of hydrogen-bond acceptors (Lipinski definition) is 7. The Hall–Kier alpha value is -4.33. The van der Waals surface area contributed by atoms with Crippen molar-refractivity contribution in [1.29, 1.82) is 0 Å². The normalized spacial score (nSPS) is 18.6. The van der Waals surface area contributed by atoms with Crippen LogP contribution in [0.5, 0.6) is 5.75 Å². The van der Waals surface area contributed by atoms with E-state index in [2.05, 4.69) is 42.8 Å². The lowest BCUT2D eigenvalue weighted by Crippen LogP contribution is -2.29. The predicted octanol–water partition coefficient (Wildman–Crippen LogP) is 4.19. The van der Waals surface area contributed by atoms with Gasteiger partial charge in [-0.3, -0.25) is 15.5 Å². The molecule has 10 nitrogen and oxygen atoms in total. The highest BCUT2D eigenvalue weighted by Gasteiger charge is 2.35. The Bertz CT molecular complexity index is 1580. The zero-order chi connectivity index (χ0) is 28.4. The number of pyridine rings is 1. The second kappa shape index (κ2) is 11.3. The van der Waals surface area contributed by atoms with Gasteiger partial charge in [0.25, 0.3) is 0 Å². The lowest BCUT2D eigenvalue weighted by atomic mass is 9.93. The summed E-state index contributed by atoms with van der Waals surface area (Å²) in [7, 11) is 0. The fourth-order valence-corrected chi connectivity index (χ4v) is 5.28. The van der Waals surface area contributed by atoms with Crippen LogP contribution in [0.25, 0.3) is 5.65 Å². The molecule has 4 aromatic rings. The van der Waals surface area contributed by atoms with Crippen LogP contribution in [0.2, 0.25) is 0 Å². The highest BCUT2D eigenvalue weighted by Crippen LogP contribution is 2.26. The number of ether oxygens (including phenoxy) is 1. The summed E-state index contributed by atoms with van der Waals surface area (Å²) < 4.78 is 13.1. The third-order valence-corrected chi connectivity index (χ3v) is 7.54. The first-order chi connectivity index (χ1) is 19.8. The van der Waals surface area contributed by atoms with Crippen LogP contribution in [-0.2, 0) is 5.41 Å². The summed E-state index contributed by atoms with van der Waals surface area (Å²) in [6.45, 7) is 12.4. The molecule has 10 heteroatoms. The van der Waals surface area contributed by atoms with Gasteiger partial charge in [-0.15, -0.1) is 0 Å². The van der Waals surface area contributed by atoms with Gasteiger partial charge >= 0.3 is 6.03 Å². The highest BCUT2D eigenvalue weighted by atomic mass is 16.5. The molecule has 1 aromatic carbocycles. The van der Waals surface area contributed by atoms with Crippen LogP contribution in [0, 0.1) is 23.7 Å². The van der Waals surface area contributed by atoms with Crippen molar-refractivity contribution in [3.63, 3.8) is 0 Å². The van der Waals surface area contributed by atoms with Gasteiger partial charge in [-0.2, -0.15) is 0 Å². The zero-order valence-corrected chi connectivity index (χ0v) is 23.6. The first-order valence-electron chi connectivity index (χ1n) is 14.0. The molecule has 212 valence electrons. The number of rotatable bonds is 6. The van der Waals surface area contributed by atoms with Crippen molar-refractivity contribution in [2.75, 3.05) is 50.0 Å². The minimum Gasteiger partial charge on any atom is -0.492 e. The minimum absolute atomic E-state index is 0.200. The molecule has 2 saturated heterocycles. The second-order valence-corrected chi connectivity index (χ2v) is 11.8. The molecule has 2 amide bonds. The van der Waals surface area contributed by atoms with Crippen molar-refractivity contribution in [2.45, 2.75) is 26.2 Å². The van der Waals surface area contributed by atoms with E-state index in [-0.39, 0.29) is 5.41 Å². The molecule has 0 spiro atoms. The van der Waals surface area contributed by atoms with Gasteiger partial charge in [-0.1, -0.05) is 37.8 Å². The maximum Gasteiger partial charge on any atom is 0.326 e. The van der Waals surface area contributed by atoms with Gasteiger partial charge in [0.1, 0.15) is 23.8 Å². The highest BCUT2D eigenvalue weighted by molar-refractivity contribution is 5.98. The molecule has 2 aliphatic heterocycles. The third kappa shape index (κ3) is 6.53. The average Bonchev–Trinajstić information content (AvgIpc) is 3.71. The van der Waals surface area contributed by atoms with E-state index >= 15 is 0 Å². The van der Waals surface area contributed by atoms with E-state index in [1.165, 1.54) is 13.1 Å². The molecule has 3 N–H and O–H groups in total. The van der Waals surface area contributed by atoms with Crippen LogP contribution >= 0.6 is 0 Å². The van der Waals surface area contributed by atoms with Crippen LogP contribution < -0.4 is 20.7 Å². The molecular formula is C31H35N7O3. The van der Waals surface area contributed by atoms with Gasteiger partial charge in [-0.05, 0) is 61.3 Å². The molecule has 3 aromatic heterocycles. The summed E-state index contributed by atoms with van der Waals surface area (Å²) in [5.41, 5.74) is 2.20. The number of carbonyl (C=O) groups is 1. The molecule has 0 bridgehead atoms. The maximum atomic E-state index is 12.4. The summed E-state index contributed by atoms with van der Waals surface area (Å²) in [4.78, 5) is 19.4. The molecule has 2 aliphatic rings. The van der Waals surface area contributed by atoms with Crippen LogP contribution in [0.3, 0.4) is 0 Å². The SMILES string of the molecule is CC(C)(C)c1cc(NC(=O)Nc2cn3ccc(C#Cc4ccc(OCCN5CC6CNCC6C5)cc4)cc3n2)no1. The van der Waals surface area contributed by atoms with E-state index in [0.717, 1.165) is 48.3 Å². The lowest BCUT2D eigenvalue weighted by molar-refractivity contribution is 0.228. The Labute approximate surface area is 239 Å². The smallest absolute Gasteiger partial charge is 0.326 e. The molecule has 0 aliphatic carbocycles. The van der Waals surface area contributed by atoms with E-state index in [0.29, 0.717) is 29.7 Å². The quantitative estimate of drug-likeness (QED) is 0.307. The number of anilines is 2. The Balaban J connectivity index is 1.01. The second-order valence-electron chi connectivity index (χ2n) is 11.8. The number of imidazole rings is 1. The summed E-state index contributed by atoms with van der Waals surface area (Å²) >= 11 is 0. The Morgan fingerprint density at radius 2 is 1.78 bits per heavy atom. The van der Waals surface area contributed by atoms with Crippen molar-refractivity contribution in [3.8, 4) is 17.6 Å². The first kappa shape index (κ1) is 26.9. The van der Waals surface area contributed by atoms with Gasteiger partial charge in [0.2, 0.25) is 0 Å². The van der Waals surface area contributed by atoms with Gasteiger partial charge in [0.15, 0.2) is 11.6 Å². The molecule has 2 fully saturated rings. The van der Waals surface area contributed by atoms with Gasteiger partial charge in [0.05, 0.1) is 6.20 Å².